The maximum Gasteiger partial charge on any atom is 0.242 e. The zero-order valence-electron chi connectivity index (χ0n) is 18.4. The van der Waals surface area contributed by atoms with Crippen molar-refractivity contribution in [3.8, 4) is 0 Å². The van der Waals surface area contributed by atoms with Crippen LogP contribution < -0.4 is 5.32 Å². The summed E-state index contributed by atoms with van der Waals surface area (Å²) >= 11 is 6.07. The van der Waals surface area contributed by atoms with Gasteiger partial charge in [0.15, 0.2) is 0 Å². The average molecular weight is 419 g/mol. The van der Waals surface area contributed by atoms with Gasteiger partial charge in [0.25, 0.3) is 0 Å². The van der Waals surface area contributed by atoms with E-state index < -0.39 is 11.5 Å². The molecule has 1 aliphatic heterocycles. The summed E-state index contributed by atoms with van der Waals surface area (Å²) in [6, 6.07) is 6.97. The molecule has 0 spiro atoms. The van der Waals surface area contributed by atoms with Crippen molar-refractivity contribution < 1.29 is 9.59 Å². The molecular formula is C24H35ClN2O2. The lowest BCUT2D eigenvalue weighted by molar-refractivity contribution is -0.157. The van der Waals surface area contributed by atoms with E-state index in [1.54, 1.807) is 6.08 Å². The van der Waals surface area contributed by atoms with Gasteiger partial charge in [-0.2, -0.15) is 0 Å². The largest absolute Gasteiger partial charge is 0.354 e. The van der Waals surface area contributed by atoms with Gasteiger partial charge in [-0.05, 0) is 48.8 Å². The lowest BCUT2D eigenvalue weighted by atomic mass is 9.74. The minimum absolute atomic E-state index is 0.0210. The molecule has 2 unspecified atom stereocenters. The summed E-state index contributed by atoms with van der Waals surface area (Å²) in [6.07, 6.45) is 4.55. The van der Waals surface area contributed by atoms with Crippen molar-refractivity contribution >= 4 is 23.4 Å². The fourth-order valence-corrected chi connectivity index (χ4v) is 4.14. The van der Waals surface area contributed by atoms with E-state index in [0.717, 1.165) is 18.4 Å². The summed E-state index contributed by atoms with van der Waals surface area (Å²) in [5.74, 6) is -0.0565. The monoisotopic (exact) mass is 418 g/mol. The van der Waals surface area contributed by atoms with Gasteiger partial charge in [-0.1, -0.05) is 64.4 Å². The number of halogens is 1. The summed E-state index contributed by atoms with van der Waals surface area (Å²) in [7, 11) is 0. The normalized spacial score (nSPS) is 23.6. The van der Waals surface area contributed by atoms with Gasteiger partial charge in [0, 0.05) is 11.6 Å². The van der Waals surface area contributed by atoms with Gasteiger partial charge >= 0.3 is 0 Å². The molecule has 1 N–H and O–H groups in total. The van der Waals surface area contributed by atoms with E-state index in [2.05, 4.69) is 32.7 Å². The number of carbonyl (C=O) groups excluding carboxylic acids is 2. The molecule has 0 bridgehead atoms. The molecule has 29 heavy (non-hydrogen) atoms. The molecule has 0 saturated carbocycles. The lowest BCUT2D eigenvalue weighted by Gasteiger charge is -2.47. The van der Waals surface area contributed by atoms with Crippen molar-refractivity contribution in [2.75, 3.05) is 6.54 Å². The van der Waals surface area contributed by atoms with Gasteiger partial charge < -0.3 is 10.2 Å². The summed E-state index contributed by atoms with van der Waals surface area (Å²) in [4.78, 5) is 28.6. The molecule has 1 aromatic carbocycles. The molecule has 2 amide bonds. The Balaban J connectivity index is 2.40. The van der Waals surface area contributed by atoms with Crippen LogP contribution in [-0.4, -0.2) is 29.3 Å². The van der Waals surface area contributed by atoms with Gasteiger partial charge in [0.1, 0.15) is 6.04 Å². The van der Waals surface area contributed by atoms with E-state index in [4.69, 9.17) is 11.6 Å². The SMILES string of the molecule is C=CC[C@@]1(C)CCC(c2ccc(Cl)cc2)N(C(CC)C(=O)NCC(C)(C)C)C1=O. The third-order valence-electron chi connectivity index (χ3n) is 5.72. The van der Waals surface area contributed by atoms with E-state index >= 15 is 0 Å². The zero-order valence-corrected chi connectivity index (χ0v) is 19.2. The van der Waals surface area contributed by atoms with Gasteiger partial charge in [0.05, 0.1) is 11.5 Å². The maximum absolute atomic E-state index is 13.7. The Hall–Kier alpha value is -1.81. The minimum Gasteiger partial charge on any atom is -0.354 e. The first kappa shape index (κ1) is 23.5. The first-order valence-electron chi connectivity index (χ1n) is 10.5. The molecule has 1 aromatic rings. The lowest BCUT2D eigenvalue weighted by Crippen LogP contribution is -2.57. The first-order valence-corrected chi connectivity index (χ1v) is 10.9. The highest BCUT2D eigenvalue weighted by Gasteiger charge is 2.47. The zero-order chi connectivity index (χ0) is 21.8. The molecule has 160 valence electrons. The van der Waals surface area contributed by atoms with Gasteiger partial charge in [0.2, 0.25) is 11.8 Å². The van der Waals surface area contributed by atoms with Crippen LogP contribution in [0.1, 0.15) is 71.9 Å². The van der Waals surface area contributed by atoms with Crippen LogP contribution in [-0.2, 0) is 9.59 Å². The number of nitrogens with zero attached hydrogens (tertiary/aromatic N) is 1. The van der Waals surface area contributed by atoms with Crippen molar-refractivity contribution in [3.05, 3.63) is 47.5 Å². The van der Waals surface area contributed by atoms with Crippen LogP contribution in [0.2, 0.25) is 5.02 Å². The molecule has 0 aliphatic carbocycles. The first-order chi connectivity index (χ1) is 13.5. The molecule has 1 heterocycles. The summed E-state index contributed by atoms with van der Waals surface area (Å²) in [6.45, 7) is 14.6. The number of rotatable bonds is 7. The third kappa shape index (κ3) is 5.63. The second kappa shape index (κ2) is 9.34. The fraction of sp³-hybridized carbons (Fsp3) is 0.583. The summed E-state index contributed by atoms with van der Waals surface area (Å²) in [5, 5.41) is 3.72. The van der Waals surface area contributed by atoms with E-state index in [1.165, 1.54) is 0 Å². The molecule has 1 fully saturated rings. The fourth-order valence-electron chi connectivity index (χ4n) is 4.01. The summed E-state index contributed by atoms with van der Waals surface area (Å²) in [5.41, 5.74) is 0.473. The predicted molar refractivity (Wildman–Crippen MR) is 120 cm³/mol. The number of hydrogen-bond donors (Lipinski definition) is 1. The smallest absolute Gasteiger partial charge is 0.242 e. The number of piperidine rings is 1. The topological polar surface area (TPSA) is 49.4 Å². The number of benzene rings is 1. The number of carbonyl (C=O) groups is 2. The summed E-state index contributed by atoms with van der Waals surface area (Å²) < 4.78 is 0. The van der Waals surface area contributed by atoms with E-state index in [1.807, 2.05) is 43.0 Å². The molecule has 1 aliphatic rings. The number of allylic oxidation sites excluding steroid dienone is 1. The van der Waals surface area contributed by atoms with Crippen molar-refractivity contribution in [2.24, 2.45) is 10.8 Å². The molecule has 3 atom stereocenters. The Bertz CT molecular complexity index is 738. The van der Waals surface area contributed by atoms with Crippen molar-refractivity contribution in [1.29, 1.82) is 0 Å². The molecule has 1 saturated heterocycles. The minimum atomic E-state index is -0.525. The van der Waals surface area contributed by atoms with Crippen LogP contribution in [0, 0.1) is 10.8 Å². The highest BCUT2D eigenvalue weighted by Crippen LogP contribution is 2.44. The molecule has 2 rings (SSSR count). The Morgan fingerprint density at radius 2 is 2.00 bits per heavy atom. The quantitative estimate of drug-likeness (QED) is 0.592. The number of hydrogen-bond acceptors (Lipinski definition) is 2. The van der Waals surface area contributed by atoms with Crippen molar-refractivity contribution in [2.45, 2.75) is 72.4 Å². The molecule has 5 heteroatoms. The Morgan fingerprint density at radius 1 is 1.38 bits per heavy atom. The van der Waals surface area contributed by atoms with Crippen LogP contribution in [0.4, 0.5) is 0 Å². The van der Waals surface area contributed by atoms with Crippen LogP contribution in [0.3, 0.4) is 0 Å². The maximum atomic E-state index is 13.7. The average Bonchev–Trinajstić information content (AvgIpc) is 2.65. The second-order valence-electron chi connectivity index (χ2n) is 9.57. The van der Waals surface area contributed by atoms with Gasteiger partial charge in [-0.3, -0.25) is 9.59 Å². The van der Waals surface area contributed by atoms with E-state index in [9.17, 15) is 9.59 Å². The second-order valence-corrected chi connectivity index (χ2v) is 10.0. The highest BCUT2D eigenvalue weighted by molar-refractivity contribution is 6.30. The van der Waals surface area contributed by atoms with Gasteiger partial charge in [-0.15, -0.1) is 6.58 Å². The molecule has 0 radical (unpaired) electrons. The Morgan fingerprint density at radius 3 is 2.52 bits per heavy atom. The molecule has 4 nitrogen and oxygen atoms in total. The molecular weight excluding hydrogens is 384 g/mol. The number of nitrogens with one attached hydrogen (secondary N) is 1. The van der Waals surface area contributed by atoms with Crippen LogP contribution in [0.25, 0.3) is 0 Å². The highest BCUT2D eigenvalue weighted by atomic mass is 35.5. The van der Waals surface area contributed by atoms with Gasteiger partial charge in [-0.25, -0.2) is 0 Å². The number of likely N-dealkylation sites (tertiary alicyclic amines) is 1. The Labute approximate surface area is 180 Å². The van der Waals surface area contributed by atoms with Crippen molar-refractivity contribution in [3.63, 3.8) is 0 Å². The van der Waals surface area contributed by atoms with E-state index in [0.29, 0.717) is 24.4 Å². The van der Waals surface area contributed by atoms with Crippen LogP contribution >= 0.6 is 11.6 Å². The third-order valence-corrected chi connectivity index (χ3v) is 5.98. The standard InChI is InChI=1S/C24H35ClN2O2/c1-7-14-24(6)15-13-20(17-9-11-18(25)12-10-17)27(22(24)29)19(8-2)21(28)26-16-23(3,4)5/h7,9-12,19-20H,1,8,13-16H2,2-6H3,(H,26,28)/t19?,20?,24-/m0/s1. The van der Waals surface area contributed by atoms with Crippen molar-refractivity contribution in [1.82, 2.24) is 10.2 Å². The van der Waals surface area contributed by atoms with Crippen LogP contribution in [0.5, 0.6) is 0 Å². The van der Waals surface area contributed by atoms with Crippen LogP contribution in [0.15, 0.2) is 36.9 Å². The Kier molecular flexibility index (Phi) is 7.56. The number of amides is 2. The predicted octanol–water partition coefficient (Wildman–Crippen LogP) is 5.53. The van der Waals surface area contributed by atoms with E-state index in [-0.39, 0.29) is 23.3 Å². The molecule has 0 aromatic heterocycles.